The quantitative estimate of drug-likeness (QED) is 0.370. The monoisotopic (exact) mass is 440 g/mol. The van der Waals surface area contributed by atoms with Gasteiger partial charge in [0, 0.05) is 0 Å². The van der Waals surface area contributed by atoms with E-state index in [4.69, 9.17) is 4.52 Å². The zero-order valence-electron chi connectivity index (χ0n) is 20.7. The third kappa shape index (κ3) is 11.0. The summed E-state index contributed by atoms with van der Waals surface area (Å²) in [6.07, 6.45) is 6.16. The van der Waals surface area contributed by atoms with Gasteiger partial charge in [0.25, 0.3) is 0 Å². The molecule has 0 spiro atoms. The molecule has 0 radical (unpaired) electrons. The van der Waals surface area contributed by atoms with Gasteiger partial charge in [0.15, 0.2) is 0 Å². The molecule has 2 N–H and O–H groups in total. The molecule has 0 saturated heterocycles. The van der Waals surface area contributed by atoms with E-state index in [9.17, 15) is 14.4 Å². The molecule has 0 aliphatic carbocycles. The summed E-state index contributed by atoms with van der Waals surface area (Å²) in [5.41, 5.74) is 3.93. The van der Waals surface area contributed by atoms with Crippen molar-refractivity contribution in [1.29, 1.82) is 0 Å². The highest BCUT2D eigenvalue weighted by atomic mass is 31.2. The number of benzene rings is 1. The molecule has 0 fully saturated rings. The number of phosphoric acid groups is 1. The molecule has 0 aliphatic heterocycles. The normalized spacial score (nSPS) is 15.2. The van der Waals surface area contributed by atoms with Gasteiger partial charge in [0.1, 0.15) is 5.75 Å². The van der Waals surface area contributed by atoms with Crippen LogP contribution in [0, 0.1) is 29.6 Å². The molecule has 30 heavy (non-hydrogen) atoms. The smallest absolute Gasteiger partial charge is 0.404 e. The Bertz CT molecular complexity index is 722. The largest absolute Gasteiger partial charge is 0.524 e. The molecule has 0 amide bonds. The standard InChI is InChI=1S/C25H45O4P/c1-18(12-14-24(4,5)6)16-21-20(3)10-11-23(29-30(26,27)28)22(21)17-19(2)13-15-25(7,8)9/h10-11,18-19H,12-17H2,1-9H3,(H2,26,27,28). The maximum absolute atomic E-state index is 11.6. The third-order valence-electron chi connectivity index (χ3n) is 5.72. The van der Waals surface area contributed by atoms with Gasteiger partial charge in [-0.2, -0.15) is 0 Å². The second-order valence-electron chi connectivity index (χ2n) is 11.7. The Morgan fingerprint density at radius 1 is 0.867 bits per heavy atom. The highest BCUT2D eigenvalue weighted by Gasteiger charge is 2.24. The Labute approximate surface area is 185 Å². The maximum Gasteiger partial charge on any atom is 0.524 e. The van der Waals surface area contributed by atoms with Crippen LogP contribution in [0.3, 0.4) is 0 Å². The van der Waals surface area contributed by atoms with Crippen molar-refractivity contribution >= 4 is 7.82 Å². The zero-order valence-corrected chi connectivity index (χ0v) is 21.6. The van der Waals surface area contributed by atoms with Crippen LogP contribution in [0.4, 0.5) is 0 Å². The molecular formula is C25H45O4P. The van der Waals surface area contributed by atoms with E-state index in [0.717, 1.165) is 44.1 Å². The minimum Gasteiger partial charge on any atom is -0.404 e. The predicted molar refractivity (Wildman–Crippen MR) is 127 cm³/mol. The van der Waals surface area contributed by atoms with Gasteiger partial charge >= 0.3 is 7.82 Å². The second-order valence-corrected chi connectivity index (χ2v) is 12.9. The molecule has 0 bridgehead atoms. The van der Waals surface area contributed by atoms with E-state index in [1.807, 2.05) is 6.07 Å². The lowest BCUT2D eigenvalue weighted by atomic mass is 9.81. The highest BCUT2D eigenvalue weighted by molar-refractivity contribution is 7.46. The van der Waals surface area contributed by atoms with Crippen molar-refractivity contribution in [2.24, 2.45) is 22.7 Å². The Balaban J connectivity index is 3.17. The van der Waals surface area contributed by atoms with Crippen molar-refractivity contribution in [3.05, 3.63) is 28.8 Å². The predicted octanol–water partition coefficient (Wildman–Crippen LogP) is 7.48. The van der Waals surface area contributed by atoms with Crippen LogP contribution in [0.2, 0.25) is 0 Å². The van der Waals surface area contributed by atoms with Gasteiger partial charge in [0.05, 0.1) is 0 Å². The summed E-state index contributed by atoms with van der Waals surface area (Å²) < 4.78 is 16.7. The fourth-order valence-corrected chi connectivity index (χ4v) is 4.20. The lowest BCUT2D eigenvalue weighted by molar-refractivity contribution is 0.281. The molecule has 1 aromatic carbocycles. The Morgan fingerprint density at radius 2 is 1.30 bits per heavy atom. The van der Waals surface area contributed by atoms with E-state index in [2.05, 4.69) is 62.3 Å². The molecule has 2 unspecified atom stereocenters. The fourth-order valence-electron chi connectivity index (χ4n) is 3.77. The van der Waals surface area contributed by atoms with Crippen LogP contribution >= 0.6 is 7.82 Å². The van der Waals surface area contributed by atoms with Gasteiger partial charge < -0.3 is 4.52 Å². The van der Waals surface area contributed by atoms with Gasteiger partial charge in [-0.1, -0.05) is 61.5 Å². The molecule has 4 nitrogen and oxygen atoms in total. The number of hydrogen-bond donors (Lipinski definition) is 2. The third-order valence-corrected chi connectivity index (χ3v) is 6.15. The first-order chi connectivity index (χ1) is 13.5. The van der Waals surface area contributed by atoms with Crippen LogP contribution in [-0.4, -0.2) is 9.79 Å². The molecule has 0 aliphatic rings. The minimum atomic E-state index is -4.60. The van der Waals surface area contributed by atoms with Crippen molar-refractivity contribution in [1.82, 2.24) is 0 Å². The first kappa shape index (κ1) is 27.2. The van der Waals surface area contributed by atoms with Crippen molar-refractivity contribution in [2.45, 2.75) is 101 Å². The van der Waals surface area contributed by atoms with Crippen LogP contribution in [0.1, 0.15) is 97.8 Å². The lowest BCUT2D eigenvalue weighted by Gasteiger charge is -2.25. The molecule has 0 aromatic heterocycles. The molecule has 1 rings (SSSR count). The lowest BCUT2D eigenvalue weighted by Crippen LogP contribution is -2.14. The summed E-state index contributed by atoms with van der Waals surface area (Å²) in [5.74, 6) is 1.25. The van der Waals surface area contributed by atoms with Gasteiger partial charge in [-0.3, -0.25) is 9.79 Å². The van der Waals surface area contributed by atoms with Crippen LogP contribution in [0.25, 0.3) is 0 Å². The van der Waals surface area contributed by atoms with Crippen molar-refractivity contribution in [2.75, 3.05) is 0 Å². The number of phosphoric ester groups is 1. The van der Waals surface area contributed by atoms with E-state index in [1.165, 1.54) is 11.1 Å². The summed E-state index contributed by atoms with van der Waals surface area (Å²) in [6, 6.07) is 3.66. The minimum absolute atomic E-state index is 0.274. The molecule has 174 valence electrons. The number of rotatable bonds is 10. The second kappa shape index (κ2) is 10.7. The summed E-state index contributed by atoms with van der Waals surface area (Å²) in [7, 11) is -4.60. The van der Waals surface area contributed by atoms with Gasteiger partial charge in [-0.05, 0) is 90.9 Å². The Kier molecular flexibility index (Phi) is 9.67. The number of aryl methyl sites for hydroxylation is 1. The average molecular weight is 441 g/mol. The van der Waals surface area contributed by atoms with Gasteiger partial charge in [-0.25, -0.2) is 4.57 Å². The topological polar surface area (TPSA) is 66.8 Å². The summed E-state index contributed by atoms with van der Waals surface area (Å²) in [6.45, 7) is 20.1. The fraction of sp³-hybridized carbons (Fsp3) is 0.760. The van der Waals surface area contributed by atoms with E-state index in [-0.39, 0.29) is 5.41 Å². The van der Waals surface area contributed by atoms with Crippen LogP contribution in [0.15, 0.2) is 12.1 Å². The summed E-state index contributed by atoms with van der Waals surface area (Å²) in [5, 5.41) is 0. The van der Waals surface area contributed by atoms with Gasteiger partial charge in [0.2, 0.25) is 0 Å². The van der Waals surface area contributed by atoms with Crippen LogP contribution in [0.5, 0.6) is 5.75 Å². The van der Waals surface area contributed by atoms with Crippen LogP contribution < -0.4 is 4.52 Å². The van der Waals surface area contributed by atoms with E-state index in [0.29, 0.717) is 23.0 Å². The summed E-state index contributed by atoms with van der Waals surface area (Å²) in [4.78, 5) is 18.9. The summed E-state index contributed by atoms with van der Waals surface area (Å²) >= 11 is 0. The molecular weight excluding hydrogens is 395 g/mol. The average Bonchev–Trinajstić information content (AvgIpc) is 2.54. The van der Waals surface area contributed by atoms with Crippen molar-refractivity contribution in [3.63, 3.8) is 0 Å². The highest BCUT2D eigenvalue weighted by Crippen LogP contribution is 2.42. The van der Waals surface area contributed by atoms with E-state index >= 15 is 0 Å². The Morgan fingerprint density at radius 3 is 1.70 bits per heavy atom. The van der Waals surface area contributed by atoms with Crippen molar-refractivity contribution < 1.29 is 18.9 Å². The maximum atomic E-state index is 11.6. The molecule has 0 heterocycles. The molecule has 0 saturated carbocycles. The first-order valence-corrected chi connectivity index (χ1v) is 12.9. The van der Waals surface area contributed by atoms with Crippen LogP contribution in [-0.2, 0) is 17.4 Å². The molecule has 2 atom stereocenters. The van der Waals surface area contributed by atoms with Gasteiger partial charge in [-0.15, -0.1) is 0 Å². The van der Waals surface area contributed by atoms with Crippen molar-refractivity contribution in [3.8, 4) is 5.75 Å². The SMILES string of the molecule is Cc1ccc(OP(=O)(O)O)c(CC(C)CCC(C)(C)C)c1CC(C)CCC(C)(C)C. The van der Waals surface area contributed by atoms with E-state index < -0.39 is 7.82 Å². The van der Waals surface area contributed by atoms with E-state index in [1.54, 1.807) is 6.07 Å². The first-order valence-electron chi connectivity index (χ1n) is 11.3. The molecule has 5 heteroatoms. The molecule has 1 aromatic rings. The number of hydrogen-bond acceptors (Lipinski definition) is 2. The zero-order chi connectivity index (χ0) is 23.3. The Hall–Kier alpha value is -0.830.